The molecule has 1 N–H and O–H groups in total. The number of carbonyl (C=O) groups is 1. The van der Waals surface area contributed by atoms with Gasteiger partial charge in [-0.05, 0) is 63.1 Å². The van der Waals surface area contributed by atoms with E-state index in [0.29, 0.717) is 31.5 Å². The molecular formula is C23H33F4N3O. The van der Waals surface area contributed by atoms with E-state index in [2.05, 4.69) is 10.2 Å². The van der Waals surface area contributed by atoms with Gasteiger partial charge in [-0.1, -0.05) is 13.0 Å². The topological polar surface area (TPSA) is 35.6 Å². The first-order chi connectivity index (χ1) is 14.8. The molecule has 4 nitrogen and oxygen atoms in total. The molecule has 1 heterocycles. The molecule has 2 fully saturated rings. The maximum absolute atomic E-state index is 14.4. The van der Waals surface area contributed by atoms with Gasteiger partial charge in [-0.15, -0.1) is 0 Å². The number of anilines is 1. The average Bonchev–Trinajstić information content (AvgIpc) is 2.73. The van der Waals surface area contributed by atoms with Crippen molar-refractivity contribution in [1.29, 1.82) is 0 Å². The van der Waals surface area contributed by atoms with Crippen LogP contribution in [0.4, 0.5) is 23.2 Å². The summed E-state index contributed by atoms with van der Waals surface area (Å²) in [6, 6.07) is 3.80. The third kappa shape index (κ3) is 6.57. The van der Waals surface area contributed by atoms with E-state index in [-0.39, 0.29) is 11.6 Å². The number of halogens is 4. The van der Waals surface area contributed by atoms with Gasteiger partial charge in [0.15, 0.2) is 5.82 Å². The Labute approximate surface area is 182 Å². The van der Waals surface area contributed by atoms with Crippen molar-refractivity contribution in [1.82, 2.24) is 10.2 Å². The van der Waals surface area contributed by atoms with Crippen molar-refractivity contribution in [3.63, 3.8) is 0 Å². The van der Waals surface area contributed by atoms with Crippen LogP contribution in [0.25, 0.3) is 0 Å². The minimum atomic E-state index is -4.68. The first-order valence-corrected chi connectivity index (χ1v) is 11.4. The molecule has 174 valence electrons. The fraction of sp³-hybridized carbons (Fsp3) is 0.696. The number of alkyl halides is 3. The normalized spacial score (nSPS) is 23.1. The Kier molecular flexibility index (Phi) is 8.19. The van der Waals surface area contributed by atoms with E-state index in [1.807, 2.05) is 6.92 Å². The lowest BCUT2D eigenvalue weighted by Gasteiger charge is -2.37. The highest BCUT2D eigenvalue weighted by Gasteiger charge is 2.36. The SMILES string of the molecule is CCCC(=O)NC1CCC(CCN2CCN(c3cccc(C(F)(F)F)c3F)CC2)CC1. The number of rotatable bonds is 7. The molecule has 8 heteroatoms. The molecule has 1 saturated heterocycles. The van der Waals surface area contributed by atoms with Crippen molar-refractivity contribution in [2.24, 2.45) is 5.92 Å². The summed E-state index contributed by atoms with van der Waals surface area (Å²) in [5, 5.41) is 3.13. The Hall–Kier alpha value is -1.83. The van der Waals surface area contributed by atoms with E-state index in [9.17, 15) is 22.4 Å². The van der Waals surface area contributed by atoms with Gasteiger partial charge in [-0.25, -0.2) is 4.39 Å². The highest BCUT2D eigenvalue weighted by atomic mass is 19.4. The number of nitrogens with one attached hydrogen (secondary N) is 1. The second-order valence-electron chi connectivity index (χ2n) is 8.79. The summed E-state index contributed by atoms with van der Waals surface area (Å²) in [7, 11) is 0. The summed E-state index contributed by atoms with van der Waals surface area (Å²) >= 11 is 0. The summed E-state index contributed by atoms with van der Waals surface area (Å²) < 4.78 is 53.3. The second-order valence-corrected chi connectivity index (χ2v) is 8.79. The van der Waals surface area contributed by atoms with Crippen molar-refractivity contribution < 1.29 is 22.4 Å². The van der Waals surface area contributed by atoms with Crippen molar-refractivity contribution in [3.05, 3.63) is 29.6 Å². The van der Waals surface area contributed by atoms with Gasteiger partial charge in [0.05, 0.1) is 11.3 Å². The van der Waals surface area contributed by atoms with E-state index in [0.717, 1.165) is 64.2 Å². The van der Waals surface area contributed by atoms with Gasteiger partial charge in [0.1, 0.15) is 0 Å². The van der Waals surface area contributed by atoms with Crippen LogP contribution < -0.4 is 10.2 Å². The van der Waals surface area contributed by atoms with Crippen LogP contribution in [0.2, 0.25) is 0 Å². The zero-order chi connectivity index (χ0) is 22.4. The Bertz CT molecular complexity index is 724. The first-order valence-electron chi connectivity index (χ1n) is 11.4. The number of hydrogen-bond donors (Lipinski definition) is 1. The maximum Gasteiger partial charge on any atom is 0.419 e. The van der Waals surface area contributed by atoms with E-state index < -0.39 is 17.6 Å². The highest BCUT2D eigenvalue weighted by molar-refractivity contribution is 5.76. The summed E-state index contributed by atoms with van der Waals surface area (Å²) in [5.41, 5.74) is -1.16. The Balaban J connectivity index is 1.40. The molecule has 2 aliphatic rings. The van der Waals surface area contributed by atoms with Gasteiger partial charge in [0, 0.05) is 38.6 Å². The minimum Gasteiger partial charge on any atom is -0.367 e. The number of amides is 1. The average molecular weight is 444 g/mol. The predicted molar refractivity (Wildman–Crippen MR) is 113 cm³/mol. The van der Waals surface area contributed by atoms with Crippen molar-refractivity contribution in [2.45, 2.75) is 64.1 Å². The molecule has 1 aliphatic carbocycles. The van der Waals surface area contributed by atoms with Gasteiger partial charge in [0.2, 0.25) is 5.91 Å². The Morgan fingerprint density at radius 1 is 1.10 bits per heavy atom. The summed E-state index contributed by atoms with van der Waals surface area (Å²) in [4.78, 5) is 15.8. The van der Waals surface area contributed by atoms with Gasteiger partial charge < -0.3 is 10.2 Å². The van der Waals surface area contributed by atoms with Crippen LogP contribution in [0.5, 0.6) is 0 Å². The Morgan fingerprint density at radius 3 is 2.39 bits per heavy atom. The van der Waals surface area contributed by atoms with Gasteiger partial charge in [-0.2, -0.15) is 13.2 Å². The van der Waals surface area contributed by atoms with Crippen LogP contribution in [-0.2, 0) is 11.0 Å². The number of carbonyl (C=O) groups excluding carboxylic acids is 1. The molecule has 1 aromatic rings. The maximum atomic E-state index is 14.4. The zero-order valence-electron chi connectivity index (χ0n) is 18.2. The monoisotopic (exact) mass is 443 g/mol. The lowest BCUT2D eigenvalue weighted by molar-refractivity contribution is -0.139. The van der Waals surface area contributed by atoms with E-state index in [4.69, 9.17) is 0 Å². The van der Waals surface area contributed by atoms with Crippen LogP contribution in [0, 0.1) is 11.7 Å². The van der Waals surface area contributed by atoms with Crippen LogP contribution in [0.15, 0.2) is 18.2 Å². The highest BCUT2D eigenvalue weighted by Crippen LogP contribution is 2.35. The third-order valence-electron chi connectivity index (χ3n) is 6.54. The molecule has 0 unspecified atom stereocenters. The number of benzene rings is 1. The van der Waals surface area contributed by atoms with E-state index in [1.54, 1.807) is 4.90 Å². The number of piperazine rings is 1. The van der Waals surface area contributed by atoms with Crippen LogP contribution >= 0.6 is 0 Å². The van der Waals surface area contributed by atoms with Crippen LogP contribution in [0.3, 0.4) is 0 Å². The molecule has 0 atom stereocenters. The lowest BCUT2D eigenvalue weighted by atomic mass is 9.84. The first kappa shape index (κ1) is 23.8. The Morgan fingerprint density at radius 2 is 1.77 bits per heavy atom. The second kappa shape index (κ2) is 10.7. The summed E-state index contributed by atoms with van der Waals surface area (Å²) in [6.45, 7) is 5.45. The molecular weight excluding hydrogens is 410 g/mol. The van der Waals surface area contributed by atoms with Crippen molar-refractivity contribution >= 4 is 11.6 Å². The zero-order valence-corrected chi connectivity index (χ0v) is 18.2. The third-order valence-corrected chi connectivity index (χ3v) is 6.54. The molecule has 1 aliphatic heterocycles. The minimum absolute atomic E-state index is 0.0397. The summed E-state index contributed by atoms with van der Waals surface area (Å²) in [5.74, 6) is -0.370. The quantitative estimate of drug-likeness (QED) is 0.613. The number of hydrogen-bond acceptors (Lipinski definition) is 3. The molecule has 0 radical (unpaired) electrons. The fourth-order valence-corrected chi connectivity index (χ4v) is 4.68. The molecule has 1 amide bonds. The van der Waals surface area contributed by atoms with Gasteiger partial charge in [0.25, 0.3) is 0 Å². The fourth-order valence-electron chi connectivity index (χ4n) is 4.68. The molecule has 0 bridgehead atoms. The van der Waals surface area contributed by atoms with Crippen molar-refractivity contribution in [2.75, 3.05) is 37.6 Å². The van der Waals surface area contributed by atoms with Gasteiger partial charge >= 0.3 is 6.18 Å². The largest absolute Gasteiger partial charge is 0.419 e. The standard InChI is InChI=1S/C23H33F4N3O/c1-2-4-21(31)28-18-9-7-17(8-10-18)11-12-29-13-15-30(16-14-29)20-6-3-5-19(22(20)24)23(25,26)27/h3,5-6,17-18H,2,4,7-16H2,1H3,(H,28,31). The van der Waals surface area contributed by atoms with Gasteiger partial charge in [-0.3, -0.25) is 9.69 Å². The van der Waals surface area contributed by atoms with E-state index in [1.165, 1.54) is 12.1 Å². The lowest BCUT2D eigenvalue weighted by Crippen LogP contribution is -2.47. The molecule has 3 rings (SSSR count). The molecule has 0 aromatic heterocycles. The predicted octanol–water partition coefficient (Wildman–Crippen LogP) is 4.83. The smallest absolute Gasteiger partial charge is 0.367 e. The molecule has 1 saturated carbocycles. The van der Waals surface area contributed by atoms with Crippen LogP contribution in [0.1, 0.15) is 57.4 Å². The molecule has 0 spiro atoms. The summed E-state index contributed by atoms with van der Waals surface area (Å²) in [6.07, 6.45) is 2.17. The molecule has 1 aromatic carbocycles. The molecule has 31 heavy (non-hydrogen) atoms. The van der Waals surface area contributed by atoms with E-state index >= 15 is 0 Å². The number of nitrogens with zero attached hydrogens (tertiary/aromatic N) is 2. The van der Waals surface area contributed by atoms with Crippen molar-refractivity contribution in [3.8, 4) is 0 Å². The van der Waals surface area contributed by atoms with Crippen LogP contribution in [-0.4, -0.2) is 49.6 Å².